The molecule has 3 rings (SSSR count). The first-order chi connectivity index (χ1) is 16.9. The van der Waals surface area contributed by atoms with E-state index in [0.717, 1.165) is 0 Å². The Balaban J connectivity index is 1.71. The standard InChI is InChI=1S/C26H32FN3O6/c1-6-35-19-11-12-20(34-5)22(27)21(19)23(31)15-7-9-16(10-8-15)24(32)29-18-14-30(13-17(18)28)25(33)36-26(2,3)4/h7-12,17-18H,6,13-14,28H2,1-5H3,(H,29,32)/t17-,18-/m0/s1. The molecule has 0 radical (unpaired) electrons. The second-order valence-electron chi connectivity index (χ2n) is 9.42. The van der Waals surface area contributed by atoms with Gasteiger partial charge < -0.3 is 30.2 Å². The van der Waals surface area contributed by atoms with Gasteiger partial charge in [-0.1, -0.05) is 12.1 Å². The maximum Gasteiger partial charge on any atom is 0.410 e. The molecule has 0 bridgehead atoms. The summed E-state index contributed by atoms with van der Waals surface area (Å²) >= 11 is 0. The van der Waals surface area contributed by atoms with Gasteiger partial charge in [-0.05, 0) is 52.0 Å². The van der Waals surface area contributed by atoms with Crippen LogP contribution in [0.2, 0.25) is 0 Å². The van der Waals surface area contributed by atoms with E-state index in [0.29, 0.717) is 0 Å². The van der Waals surface area contributed by atoms with Crippen molar-refractivity contribution in [3.63, 3.8) is 0 Å². The lowest BCUT2D eigenvalue weighted by Crippen LogP contribution is -2.46. The minimum Gasteiger partial charge on any atom is -0.494 e. The van der Waals surface area contributed by atoms with Crippen molar-refractivity contribution in [3.8, 4) is 11.5 Å². The number of nitrogens with two attached hydrogens (primary N) is 1. The summed E-state index contributed by atoms with van der Waals surface area (Å²) < 4.78 is 30.7. The van der Waals surface area contributed by atoms with Crippen LogP contribution in [-0.4, -0.2) is 67.2 Å². The number of benzene rings is 2. The van der Waals surface area contributed by atoms with Crippen molar-refractivity contribution in [2.75, 3.05) is 26.8 Å². The number of halogens is 1. The van der Waals surface area contributed by atoms with Crippen LogP contribution in [-0.2, 0) is 4.74 Å². The molecule has 10 heteroatoms. The van der Waals surface area contributed by atoms with E-state index in [4.69, 9.17) is 19.9 Å². The first kappa shape index (κ1) is 26.9. The summed E-state index contributed by atoms with van der Waals surface area (Å²) in [6, 6.07) is 7.75. The highest BCUT2D eigenvalue weighted by Crippen LogP contribution is 2.31. The maximum absolute atomic E-state index is 14.9. The summed E-state index contributed by atoms with van der Waals surface area (Å²) in [6.07, 6.45) is -0.492. The van der Waals surface area contributed by atoms with Crippen molar-refractivity contribution in [2.45, 2.75) is 45.4 Å². The number of nitrogens with one attached hydrogen (secondary N) is 1. The molecule has 2 aromatic rings. The second-order valence-corrected chi connectivity index (χ2v) is 9.42. The van der Waals surface area contributed by atoms with Crippen molar-refractivity contribution >= 4 is 17.8 Å². The van der Waals surface area contributed by atoms with Gasteiger partial charge in [-0.2, -0.15) is 0 Å². The minimum absolute atomic E-state index is 0.0777. The Bertz CT molecular complexity index is 1130. The predicted octanol–water partition coefficient (Wildman–Crippen LogP) is 3.14. The van der Waals surface area contributed by atoms with Gasteiger partial charge in [-0.25, -0.2) is 9.18 Å². The molecule has 2 atom stereocenters. The first-order valence-corrected chi connectivity index (χ1v) is 11.6. The molecule has 36 heavy (non-hydrogen) atoms. The summed E-state index contributed by atoms with van der Waals surface area (Å²) in [5, 5.41) is 2.83. The van der Waals surface area contributed by atoms with Gasteiger partial charge in [0.05, 0.1) is 19.8 Å². The van der Waals surface area contributed by atoms with Crippen molar-refractivity contribution in [3.05, 3.63) is 58.9 Å². The number of methoxy groups -OCH3 is 1. The van der Waals surface area contributed by atoms with Crippen LogP contribution in [0.15, 0.2) is 36.4 Å². The number of carbonyl (C=O) groups excluding carboxylic acids is 3. The molecule has 1 heterocycles. The number of nitrogens with zero attached hydrogens (tertiary/aromatic N) is 1. The van der Waals surface area contributed by atoms with Gasteiger partial charge in [-0.3, -0.25) is 9.59 Å². The first-order valence-electron chi connectivity index (χ1n) is 11.6. The van der Waals surface area contributed by atoms with Gasteiger partial charge in [0, 0.05) is 30.3 Å². The zero-order chi connectivity index (χ0) is 26.6. The van der Waals surface area contributed by atoms with E-state index in [1.54, 1.807) is 27.7 Å². The molecule has 0 aromatic heterocycles. The highest BCUT2D eigenvalue weighted by atomic mass is 19.1. The average Bonchev–Trinajstić information content (AvgIpc) is 3.18. The van der Waals surface area contributed by atoms with E-state index in [1.165, 1.54) is 48.4 Å². The lowest BCUT2D eigenvalue weighted by Gasteiger charge is -2.24. The van der Waals surface area contributed by atoms with E-state index < -0.39 is 41.3 Å². The monoisotopic (exact) mass is 501 g/mol. The highest BCUT2D eigenvalue weighted by molar-refractivity contribution is 6.11. The number of likely N-dealkylation sites (tertiary alicyclic amines) is 1. The molecule has 1 saturated heterocycles. The zero-order valence-corrected chi connectivity index (χ0v) is 21.1. The van der Waals surface area contributed by atoms with Gasteiger partial charge in [0.25, 0.3) is 5.91 Å². The molecular formula is C26H32FN3O6. The Morgan fingerprint density at radius 2 is 1.67 bits per heavy atom. The molecule has 2 aromatic carbocycles. The van der Waals surface area contributed by atoms with Crippen LogP contribution in [0.1, 0.15) is 54.0 Å². The Morgan fingerprint density at radius 1 is 1.06 bits per heavy atom. The van der Waals surface area contributed by atoms with Crippen LogP contribution in [0.4, 0.5) is 9.18 Å². The number of hydrogen-bond donors (Lipinski definition) is 2. The highest BCUT2D eigenvalue weighted by Gasteiger charge is 2.36. The van der Waals surface area contributed by atoms with Crippen molar-refractivity contribution in [2.24, 2.45) is 5.73 Å². The van der Waals surface area contributed by atoms with E-state index in [2.05, 4.69) is 5.32 Å². The Labute approximate surface area is 209 Å². The summed E-state index contributed by atoms with van der Waals surface area (Å²) in [5.74, 6) is -1.81. The van der Waals surface area contributed by atoms with Gasteiger partial charge >= 0.3 is 6.09 Å². The molecule has 1 aliphatic rings. The predicted molar refractivity (Wildman–Crippen MR) is 131 cm³/mol. The number of ether oxygens (including phenoxy) is 3. The summed E-state index contributed by atoms with van der Waals surface area (Å²) in [5.41, 5.74) is 5.71. The molecule has 9 nitrogen and oxygen atoms in total. The largest absolute Gasteiger partial charge is 0.494 e. The molecular weight excluding hydrogens is 469 g/mol. The van der Waals surface area contributed by atoms with E-state index >= 15 is 0 Å². The lowest BCUT2D eigenvalue weighted by atomic mass is 10.00. The van der Waals surface area contributed by atoms with Gasteiger partial charge in [0.1, 0.15) is 16.9 Å². The smallest absolute Gasteiger partial charge is 0.410 e. The molecule has 1 fully saturated rings. The van der Waals surface area contributed by atoms with E-state index in [9.17, 15) is 18.8 Å². The Kier molecular flexibility index (Phi) is 8.19. The number of carbonyl (C=O) groups is 3. The molecule has 0 saturated carbocycles. The molecule has 0 unspecified atom stereocenters. The van der Waals surface area contributed by atoms with Gasteiger partial charge in [-0.15, -0.1) is 0 Å². The molecule has 0 spiro atoms. The number of rotatable bonds is 7. The van der Waals surface area contributed by atoms with Crippen molar-refractivity contribution in [1.29, 1.82) is 0 Å². The Morgan fingerprint density at radius 3 is 2.25 bits per heavy atom. The van der Waals surface area contributed by atoms with E-state index in [1.807, 2.05) is 0 Å². The molecule has 194 valence electrons. The molecule has 2 amide bonds. The van der Waals surface area contributed by atoms with E-state index in [-0.39, 0.29) is 47.9 Å². The van der Waals surface area contributed by atoms with Gasteiger partial charge in [0.15, 0.2) is 17.3 Å². The minimum atomic E-state index is -0.819. The molecule has 3 N–H and O–H groups in total. The van der Waals surface area contributed by atoms with Crippen LogP contribution in [0.5, 0.6) is 11.5 Å². The summed E-state index contributed by atoms with van der Waals surface area (Å²) in [6.45, 7) is 7.76. The fraction of sp³-hybridized carbons (Fsp3) is 0.423. The molecule has 0 aliphatic carbocycles. The van der Waals surface area contributed by atoms with Crippen LogP contribution >= 0.6 is 0 Å². The van der Waals surface area contributed by atoms with Crippen molar-refractivity contribution in [1.82, 2.24) is 10.2 Å². The van der Waals surface area contributed by atoms with Crippen LogP contribution in [0.25, 0.3) is 0 Å². The van der Waals surface area contributed by atoms with Gasteiger partial charge in [0.2, 0.25) is 0 Å². The summed E-state index contributed by atoms with van der Waals surface area (Å²) in [4.78, 5) is 39.7. The third-order valence-corrected chi connectivity index (χ3v) is 5.56. The zero-order valence-electron chi connectivity index (χ0n) is 21.1. The fourth-order valence-electron chi connectivity index (χ4n) is 3.81. The third-order valence-electron chi connectivity index (χ3n) is 5.56. The number of ketones is 1. The topological polar surface area (TPSA) is 120 Å². The van der Waals surface area contributed by atoms with Crippen molar-refractivity contribution < 1.29 is 33.0 Å². The molecule has 1 aliphatic heterocycles. The fourth-order valence-corrected chi connectivity index (χ4v) is 3.81. The number of hydrogen-bond acceptors (Lipinski definition) is 7. The van der Waals surface area contributed by atoms with Crippen LogP contribution in [0, 0.1) is 5.82 Å². The average molecular weight is 502 g/mol. The lowest BCUT2D eigenvalue weighted by molar-refractivity contribution is 0.0288. The SMILES string of the molecule is CCOc1ccc(OC)c(F)c1C(=O)c1ccc(C(=O)N[C@H]2CN(C(=O)OC(C)(C)C)C[C@@H]2N)cc1. The van der Waals surface area contributed by atoms with Crippen LogP contribution in [0.3, 0.4) is 0 Å². The van der Waals surface area contributed by atoms with Crippen LogP contribution < -0.4 is 20.5 Å². The Hall–Kier alpha value is -3.66. The maximum atomic E-state index is 14.9. The summed E-state index contributed by atoms with van der Waals surface area (Å²) in [7, 11) is 1.31. The third kappa shape index (κ3) is 6.12. The normalized spacial score (nSPS) is 17.5. The second kappa shape index (κ2) is 10.9. The number of amides is 2. The quantitative estimate of drug-likeness (QED) is 0.559.